The molecule has 0 bridgehead atoms. The predicted molar refractivity (Wildman–Crippen MR) is 283 cm³/mol. The van der Waals surface area contributed by atoms with Crippen molar-refractivity contribution in [2.24, 2.45) is 0 Å². The maximum absolute atomic E-state index is 12.4. The topological polar surface area (TPSA) is 95.9 Å². The van der Waals surface area contributed by atoms with Crippen LogP contribution < -0.4 is 5.32 Å². The zero-order chi connectivity index (χ0) is 47.2. The average Bonchev–Trinajstić information content (AvgIpc) is 3.31. The lowest BCUT2D eigenvalue weighted by Crippen LogP contribution is -2.45. The first-order valence-electron chi connectivity index (χ1n) is 28.8. The molecule has 382 valence electrons. The minimum atomic E-state index is -0.850. The van der Waals surface area contributed by atoms with Crippen LogP contribution in [0.25, 0.3) is 0 Å². The van der Waals surface area contributed by atoms with Gasteiger partial charge in [0.15, 0.2) is 0 Å². The lowest BCUT2D eigenvalue weighted by Gasteiger charge is -2.20. The largest absolute Gasteiger partial charge is 0.466 e. The minimum Gasteiger partial charge on any atom is -0.466 e. The van der Waals surface area contributed by atoms with Crippen molar-refractivity contribution < 1.29 is 24.5 Å². The van der Waals surface area contributed by atoms with E-state index in [-0.39, 0.29) is 18.5 Å². The van der Waals surface area contributed by atoms with Gasteiger partial charge in [-0.2, -0.15) is 0 Å². The van der Waals surface area contributed by atoms with Gasteiger partial charge in [0.05, 0.1) is 25.4 Å². The van der Waals surface area contributed by atoms with E-state index in [9.17, 15) is 19.8 Å². The Hall–Kier alpha value is -1.92. The van der Waals surface area contributed by atoms with Crippen LogP contribution in [0.1, 0.15) is 303 Å². The summed E-state index contributed by atoms with van der Waals surface area (Å²) in [5.74, 6) is -0.0715. The minimum absolute atomic E-state index is 0.00768. The third-order valence-electron chi connectivity index (χ3n) is 13.2. The Morgan fingerprint density at radius 3 is 1.17 bits per heavy atom. The zero-order valence-corrected chi connectivity index (χ0v) is 43.5. The number of allylic oxidation sites excluding steroid dienone is 5. The maximum Gasteiger partial charge on any atom is 0.305 e. The van der Waals surface area contributed by atoms with Crippen LogP contribution in [-0.4, -0.2) is 47.4 Å². The highest BCUT2D eigenvalue weighted by molar-refractivity contribution is 5.76. The summed E-state index contributed by atoms with van der Waals surface area (Å²) in [5.41, 5.74) is 0. The summed E-state index contributed by atoms with van der Waals surface area (Å²) in [5, 5.41) is 23.0. The Morgan fingerprint density at radius 1 is 0.431 bits per heavy atom. The monoisotopic (exact) mass is 914 g/mol. The molecule has 0 aromatic rings. The van der Waals surface area contributed by atoms with Crippen molar-refractivity contribution in [2.45, 2.75) is 315 Å². The van der Waals surface area contributed by atoms with Gasteiger partial charge in [-0.3, -0.25) is 9.59 Å². The molecule has 0 aliphatic carbocycles. The summed E-state index contributed by atoms with van der Waals surface area (Å²) >= 11 is 0. The van der Waals surface area contributed by atoms with Crippen LogP contribution in [0.15, 0.2) is 36.5 Å². The van der Waals surface area contributed by atoms with Gasteiger partial charge in [0.2, 0.25) is 5.91 Å². The number of hydrogen-bond acceptors (Lipinski definition) is 5. The average molecular weight is 915 g/mol. The van der Waals surface area contributed by atoms with E-state index < -0.39 is 12.1 Å². The molecule has 0 saturated carbocycles. The molecule has 0 rings (SSSR count). The number of ether oxygens (including phenoxy) is 1. The fourth-order valence-corrected chi connectivity index (χ4v) is 8.72. The highest BCUT2D eigenvalue weighted by Gasteiger charge is 2.18. The van der Waals surface area contributed by atoms with E-state index in [1.54, 1.807) is 6.08 Å². The van der Waals surface area contributed by atoms with E-state index in [2.05, 4.69) is 43.5 Å². The van der Waals surface area contributed by atoms with Crippen molar-refractivity contribution in [1.82, 2.24) is 5.32 Å². The standard InChI is InChI=1S/C59H111NO5/c1-3-5-7-9-11-13-15-28-33-37-41-45-49-53-59(64)65-54-50-46-42-38-34-30-27-25-23-21-19-17-18-20-22-24-26-29-32-36-40-44-48-52-58(63)60-56(55-61)57(62)51-47-43-39-35-31-16-14-12-10-8-6-4-2/h17,19-20,22,47,51,56-57,61-62H,3-16,18,21,23-46,48-50,52-55H2,1-2H3,(H,60,63)/b19-17-,22-20-,51-47+. The zero-order valence-electron chi connectivity index (χ0n) is 43.5. The fourth-order valence-electron chi connectivity index (χ4n) is 8.72. The Kier molecular flexibility index (Phi) is 53.1. The van der Waals surface area contributed by atoms with E-state index >= 15 is 0 Å². The van der Waals surface area contributed by atoms with Crippen molar-refractivity contribution in [3.8, 4) is 0 Å². The Bertz CT molecular complexity index is 1060. The predicted octanol–water partition coefficient (Wildman–Crippen LogP) is 17.6. The molecule has 2 atom stereocenters. The number of aliphatic hydroxyl groups excluding tert-OH is 2. The molecular weight excluding hydrogens is 803 g/mol. The van der Waals surface area contributed by atoms with Crippen molar-refractivity contribution in [3.05, 3.63) is 36.5 Å². The number of amides is 1. The van der Waals surface area contributed by atoms with Crippen LogP contribution in [0.3, 0.4) is 0 Å². The molecule has 0 radical (unpaired) electrons. The number of rotatable bonds is 53. The second-order valence-electron chi connectivity index (χ2n) is 19.6. The summed E-state index contributed by atoms with van der Waals surface area (Å²) in [6, 6.07) is -0.634. The number of nitrogens with one attached hydrogen (secondary N) is 1. The smallest absolute Gasteiger partial charge is 0.305 e. The Morgan fingerprint density at radius 2 is 0.769 bits per heavy atom. The van der Waals surface area contributed by atoms with Gasteiger partial charge in [-0.1, -0.05) is 262 Å². The lowest BCUT2D eigenvalue weighted by molar-refractivity contribution is -0.143. The first-order chi connectivity index (χ1) is 32.0. The number of carbonyl (C=O) groups is 2. The SMILES string of the molecule is CCCCCCCCCCCC/C=C/C(O)C(CO)NC(=O)CCCCCCCCC/C=C\C/C=C\CCCCCCCCCCCOC(=O)CCCCCCCCCCCCCCC. The van der Waals surface area contributed by atoms with Gasteiger partial charge in [0, 0.05) is 12.8 Å². The molecule has 2 unspecified atom stereocenters. The van der Waals surface area contributed by atoms with Crippen LogP contribution in [0.2, 0.25) is 0 Å². The van der Waals surface area contributed by atoms with Crippen LogP contribution >= 0.6 is 0 Å². The highest BCUT2D eigenvalue weighted by Crippen LogP contribution is 2.16. The first kappa shape index (κ1) is 63.1. The van der Waals surface area contributed by atoms with Crippen molar-refractivity contribution >= 4 is 11.9 Å². The molecular formula is C59H111NO5. The van der Waals surface area contributed by atoms with Gasteiger partial charge in [-0.15, -0.1) is 0 Å². The summed E-state index contributed by atoms with van der Waals surface area (Å²) < 4.78 is 5.47. The van der Waals surface area contributed by atoms with E-state index in [0.717, 1.165) is 57.8 Å². The second kappa shape index (κ2) is 54.7. The summed E-state index contributed by atoms with van der Waals surface area (Å²) in [6.45, 7) is 4.89. The third-order valence-corrected chi connectivity index (χ3v) is 13.2. The molecule has 0 aromatic carbocycles. The number of unbranched alkanes of at least 4 members (excludes halogenated alkanes) is 38. The van der Waals surface area contributed by atoms with Crippen molar-refractivity contribution in [2.75, 3.05) is 13.2 Å². The van der Waals surface area contributed by atoms with E-state index in [0.29, 0.717) is 19.4 Å². The number of esters is 1. The summed E-state index contributed by atoms with van der Waals surface area (Å²) in [7, 11) is 0. The fraction of sp³-hybridized carbons (Fsp3) is 0.864. The number of carbonyl (C=O) groups excluding carboxylic acids is 2. The number of hydrogen-bond donors (Lipinski definition) is 3. The highest BCUT2D eigenvalue weighted by atomic mass is 16.5. The van der Waals surface area contributed by atoms with Gasteiger partial charge in [-0.05, 0) is 64.2 Å². The summed E-state index contributed by atoms with van der Waals surface area (Å²) in [4.78, 5) is 24.4. The van der Waals surface area contributed by atoms with E-state index in [1.165, 1.54) is 218 Å². The molecule has 3 N–H and O–H groups in total. The van der Waals surface area contributed by atoms with Crippen molar-refractivity contribution in [3.63, 3.8) is 0 Å². The molecule has 0 aliphatic heterocycles. The molecule has 0 spiro atoms. The molecule has 6 heteroatoms. The van der Waals surface area contributed by atoms with Gasteiger partial charge in [0.1, 0.15) is 0 Å². The van der Waals surface area contributed by atoms with Crippen LogP contribution in [-0.2, 0) is 14.3 Å². The molecule has 0 aliphatic rings. The van der Waals surface area contributed by atoms with Crippen LogP contribution in [0.4, 0.5) is 0 Å². The second-order valence-corrected chi connectivity index (χ2v) is 19.6. The van der Waals surface area contributed by atoms with Crippen LogP contribution in [0, 0.1) is 0 Å². The maximum atomic E-state index is 12.4. The van der Waals surface area contributed by atoms with Gasteiger partial charge >= 0.3 is 5.97 Å². The molecule has 1 amide bonds. The van der Waals surface area contributed by atoms with Gasteiger partial charge in [0.25, 0.3) is 0 Å². The first-order valence-corrected chi connectivity index (χ1v) is 28.8. The summed E-state index contributed by atoms with van der Waals surface area (Å²) in [6.07, 6.45) is 67.4. The quantitative estimate of drug-likeness (QED) is 0.0321. The molecule has 0 fully saturated rings. The molecule has 0 heterocycles. The Balaban J connectivity index is 3.46. The Labute approximate surface area is 404 Å². The van der Waals surface area contributed by atoms with Crippen LogP contribution in [0.5, 0.6) is 0 Å². The van der Waals surface area contributed by atoms with Crippen molar-refractivity contribution in [1.29, 1.82) is 0 Å². The third kappa shape index (κ3) is 51.3. The van der Waals surface area contributed by atoms with E-state index in [1.807, 2.05) is 6.08 Å². The van der Waals surface area contributed by atoms with E-state index in [4.69, 9.17) is 4.74 Å². The normalized spacial score (nSPS) is 12.9. The number of aliphatic hydroxyl groups is 2. The molecule has 6 nitrogen and oxygen atoms in total. The molecule has 0 aromatic heterocycles. The van der Waals surface area contributed by atoms with Gasteiger partial charge < -0.3 is 20.3 Å². The van der Waals surface area contributed by atoms with Gasteiger partial charge in [-0.25, -0.2) is 0 Å². The molecule has 65 heavy (non-hydrogen) atoms. The molecule has 0 saturated heterocycles. The lowest BCUT2D eigenvalue weighted by atomic mass is 10.0.